The van der Waals surface area contributed by atoms with E-state index in [1.54, 1.807) is 29.1 Å². The van der Waals surface area contributed by atoms with Gasteiger partial charge in [-0.2, -0.15) is 5.10 Å². The number of nitrogens with zero attached hydrogens (tertiary/aromatic N) is 2. The molecular weight excluding hydrogens is 523 g/mol. The van der Waals surface area contributed by atoms with Crippen molar-refractivity contribution in [3.8, 4) is 16.9 Å². The molecule has 0 aliphatic carbocycles. The standard InChI is InChI=1S/C32H27FN4O4/c1-20(2)18-34-31(39)27(35-30(38)21-12-14-24(33)15-13-21)17-23-19-37(25-9-4-3-5-10-25)36-29(23)26-16-22-8-6-7-11-28(22)41-32(26)40/h3-17,19-20H,18H2,1-2H3,(H,34,39)(H,35,38)/b27-17-. The Bertz CT molecular complexity index is 1810. The summed E-state index contributed by atoms with van der Waals surface area (Å²) in [4.78, 5) is 39.4. The molecule has 0 saturated heterocycles. The molecule has 2 N–H and O–H groups in total. The van der Waals surface area contributed by atoms with Gasteiger partial charge in [-0.3, -0.25) is 9.59 Å². The number of hydrogen-bond acceptors (Lipinski definition) is 5. The van der Waals surface area contributed by atoms with Crippen molar-refractivity contribution in [2.24, 2.45) is 5.92 Å². The number of aromatic nitrogens is 2. The SMILES string of the molecule is CC(C)CNC(=O)/C(=C/c1cn(-c2ccccc2)nc1-c1cc2ccccc2oc1=O)NC(=O)c1ccc(F)cc1. The molecule has 2 aromatic heterocycles. The molecule has 3 aromatic carbocycles. The second kappa shape index (κ2) is 11.8. The lowest BCUT2D eigenvalue weighted by molar-refractivity contribution is -0.117. The Hall–Kier alpha value is -5.31. The Morgan fingerprint density at radius 3 is 2.44 bits per heavy atom. The third kappa shape index (κ3) is 6.30. The minimum Gasteiger partial charge on any atom is -0.422 e. The Morgan fingerprint density at radius 1 is 1.00 bits per heavy atom. The maximum Gasteiger partial charge on any atom is 0.345 e. The quantitative estimate of drug-likeness (QED) is 0.201. The summed E-state index contributed by atoms with van der Waals surface area (Å²) in [6, 6.07) is 23.1. The molecule has 0 saturated carbocycles. The van der Waals surface area contributed by atoms with Crippen molar-refractivity contribution in [2.45, 2.75) is 13.8 Å². The molecule has 0 unspecified atom stereocenters. The van der Waals surface area contributed by atoms with E-state index in [1.807, 2.05) is 56.3 Å². The van der Waals surface area contributed by atoms with Gasteiger partial charge in [0, 0.05) is 29.3 Å². The second-order valence-electron chi connectivity index (χ2n) is 9.82. The van der Waals surface area contributed by atoms with E-state index in [-0.39, 0.29) is 28.4 Å². The maximum atomic E-state index is 13.4. The molecule has 41 heavy (non-hydrogen) atoms. The summed E-state index contributed by atoms with van der Waals surface area (Å²) in [6.07, 6.45) is 3.13. The van der Waals surface area contributed by atoms with E-state index in [1.165, 1.54) is 18.2 Å². The molecule has 0 spiro atoms. The van der Waals surface area contributed by atoms with Crippen molar-refractivity contribution in [3.05, 3.63) is 124 Å². The normalized spacial score (nSPS) is 11.6. The van der Waals surface area contributed by atoms with E-state index < -0.39 is 23.3 Å². The van der Waals surface area contributed by atoms with Crippen LogP contribution in [-0.2, 0) is 4.79 Å². The highest BCUT2D eigenvalue weighted by Crippen LogP contribution is 2.26. The number of benzene rings is 3. The molecule has 9 heteroatoms. The third-order valence-electron chi connectivity index (χ3n) is 6.23. The number of hydrogen-bond donors (Lipinski definition) is 2. The molecule has 0 aliphatic rings. The largest absolute Gasteiger partial charge is 0.422 e. The van der Waals surface area contributed by atoms with Crippen LogP contribution in [-0.4, -0.2) is 28.1 Å². The van der Waals surface area contributed by atoms with Gasteiger partial charge in [0.05, 0.1) is 11.3 Å². The van der Waals surface area contributed by atoms with Crippen LogP contribution in [0, 0.1) is 11.7 Å². The first kappa shape index (κ1) is 27.3. The first-order valence-corrected chi connectivity index (χ1v) is 13.0. The smallest absolute Gasteiger partial charge is 0.345 e. The van der Waals surface area contributed by atoms with Crippen LogP contribution in [0.3, 0.4) is 0 Å². The summed E-state index contributed by atoms with van der Waals surface area (Å²) < 4.78 is 20.6. The molecule has 2 amide bonds. The molecule has 2 heterocycles. The molecule has 8 nitrogen and oxygen atoms in total. The van der Waals surface area contributed by atoms with Crippen molar-refractivity contribution in [1.82, 2.24) is 20.4 Å². The topological polar surface area (TPSA) is 106 Å². The third-order valence-corrected chi connectivity index (χ3v) is 6.23. The van der Waals surface area contributed by atoms with Gasteiger partial charge >= 0.3 is 5.63 Å². The Kier molecular flexibility index (Phi) is 7.87. The molecular formula is C32H27FN4O4. The Balaban J connectivity index is 1.64. The van der Waals surface area contributed by atoms with Gasteiger partial charge in [-0.25, -0.2) is 13.9 Å². The van der Waals surface area contributed by atoms with Crippen molar-refractivity contribution in [3.63, 3.8) is 0 Å². The van der Waals surface area contributed by atoms with Gasteiger partial charge < -0.3 is 15.1 Å². The summed E-state index contributed by atoms with van der Waals surface area (Å²) in [5.41, 5.74) is 1.50. The average Bonchev–Trinajstić information content (AvgIpc) is 3.39. The molecule has 0 aliphatic heterocycles. The summed E-state index contributed by atoms with van der Waals surface area (Å²) in [5, 5.41) is 10.8. The summed E-state index contributed by atoms with van der Waals surface area (Å²) in [5.74, 6) is -1.46. The second-order valence-corrected chi connectivity index (χ2v) is 9.82. The van der Waals surface area contributed by atoms with E-state index >= 15 is 0 Å². The minimum atomic E-state index is -0.599. The number of carbonyl (C=O) groups is 2. The molecule has 0 atom stereocenters. The average molecular weight is 551 g/mol. The summed E-state index contributed by atoms with van der Waals surface area (Å²) in [7, 11) is 0. The Labute approximate surface area is 235 Å². The zero-order valence-electron chi connectivity index (χ0n) is 22.4. The summed E-state index contributed by atoms with van der Waals surface area (Å²) in [6.45, 7) is 4.26. The number of fused-ring (bicyclic) bond motifs is 1. The first-order chi connectivity index (χ1) is 19.8. The van der Waals surface area contributed by atoms with Crippen LogP contribution in [0.4, 0.5) is 4.39 Å². The fourth-order valence-electron chi connectivity index (χ4n) is 4.14. The lowest BCUT2D eigenvalue weighted by Crippen LogP contribution is -2.36. The number of halogens is 1. The molecule has 0 bridgehead atoms. The van der Waals surface area contributed by atoms with E-state index in [0.29, 0.717) is 23.1 Å². The predicted molar refractivity (Wildman–Crippen MR) is 155 cm³/mol. The van der Waals surface area contributed by atoms with Gasteiger partial charge in [0.2, 0.25) is 0 Å². The van der Waals surface area contributed by atoms with Gasteiger partial charge in [-0.05, 0) is 60.5 Å². The van der Waals surface area contributed by atoms with Crippen LogP contribution in [0.25, 0.3) is 34.0 Å². The van der Waals surface area contributed by atoms with Crippen LogP contribution in [0.5, 0.6) is 0 Å². The van der Waals surface area contributed by atoms with Crippen molar-refractivity contribution < 1.29 is 18.4 Å². The molecule has 5 rings (SSSR count). The lowest BCUT2D eigenvalue weighted by Gasteiger charge is -2.12. The van der Waals surface area contributed by atoms with Crippen molar-refractivity contribution in [1.29, 1.82) is 0 Å². The van der Waals surface area contributed by atoms with Crippen LogP contribution in [0.1, 0.15) is 29.8 Å². The van der Waals surface area contributed by atoms with Crippen LogP contribution in [0.2, 0.25) is 0 Å². The predicted octanol–water partition coefficient (Wildman–Crippen LogP) is 5.33. The first-order valence-electron chi connectivity index (χ1n) is 13.0. The van der Waals surface area contributed by atoms with Crippen molar-refractivity contribution >= 4 is 28.9 Å². The molecule has 5 aromatic rings. The number of rotatable bonds is 8. The number of nitrogens with one attached hydrogen (secondary N) is 2. The zero-order valence-corrected chi connectivity index (χ0v) is 22.4. The Morgan fingerprint density at radius 2 is 1.71 bits per heavy atom. The fourth-order valence-corrected chi connectivity index (χ4v) is 4.14. The fraction of sp³-hybridized carbons (Fsp3) is 0.125. The van der Waals surface area contributed by atoms with Gasteiger partial charge in [0.15, 0.2) is 0 Å². The van der Waals surface area contributed by atoms with Crippen molar-refractivity contribution in [2.75, 3.05) is 6.54 Å². The number of para-hydroxylation sites is 2. The van der Waals surface area contributed by atoms with Gasteiger partial charge in [-0.1, -0.05) is 50.2 Å². The van der Waals surface area contributed by atoms with Crippen LogP contribution >= 0.6 is 0 Å². The molecule has 0 radical (unpaired) electrons. The summed E-state index contributed by atoms with van der Waals surface area (Å²) >= 11 is 0. The van der Waals surface area contributed by atoms with Crippen LogP contribution in [0.15, 0.2) is 106 Å². The van der Waals surface area contributed by atoms with Gasteiger partial charge in [-0.15, -0.1) is 0 Å². The lowest BCUT2D eigenvalue weighted by atomic mass is 10.1. The van der Waals surface area contributed by atoms with E-state index in [0.717, 1.165) is 17.8 Å². The highest BCUT2D eigenvalue weighted by Gasteiger charge is 2.20. The van der Waals surface area contributed by atoms with E-state index in [9.17, 15) is 18.8 Å². The maximum absolute atomic E-state index is 13.4. The van der Waals surface area contributed by atoms with E-state index in [4.69, 9.17) is 4.42 Å². The molecule has 0 fully saturated rings. The highest BCUT2D eigenvalue weighted by molar-refractivity contribution is 6.05. The zero-order chi connectivity index (χ0) is 28.9. The monoisotopic (exact) mass is 550 g/mol. The van der Waals surface area contributed by atoms with E-state index in [2.05, 4.69) is 15.7 Å². The highest BCUT2D eigenvalue weighted by atomic mass is 19.1. The van der Waals surface area contributed by atoms with Crippen LogP contribution < -0.4 is 16.3 Å². The van der Waals surface area contributed by atoms with Gasteiger partial charge in [0.1, 0.15) is 22.8 Å². The number of carbonyl (C=O) groups excluding carboxylic acids is 2. The van der Waals surface area contributed by atoms with Gasteiger partial charge in [0.25, 0.3) is 11.8 Å². The minimum absolute atomic E-state index is 0.0704. The number of amides is 2. The molecule has 206 valence electrons.